The first kappa shape index (κ1) is 20.9. The van der Waals surface area contributed by atoms with Crippen molar-refractivity contribution in [2.75, 3.05) is 0 Å². The fraction of sp³-hybridized carbons (Fsp3) is 0.222. The van der Waals surface area contributed by atoms with Crippen LogP contribution in [0.3, 0.4) is 0 Å². The van der Waals surface area contributed by atoms with E-state index in [0.717, 1.165) is 5.56 Å². The molecule has 140 valence electrons. The van der Waals surface area contributed by atoms with Crippen LogP contribution < -0.4 is 11.5 Å². The molecule has 8 nitrogen and oxygen atoms in total. The predicted molar refractivity (Wildman–Crippen MR) is 94.8 cm³/mol. The Morgan fingerprint density at radius 1 is 0.769 bits per heavy atom. The molecule has 0 radical (unpaired) electrons. The number of rotatable bonds is 6. The van der Waals surface area contributed by atoms with Crippen LogP contribution >= 0.6 is 0 Å². The third-order valence-corrected chi connectivity index (χ3v) is 3.43. The van der Waals surface area contributed by atoms with Crippen LogP contribution in [0.4, 0.5) is 0 Å². The second-order valence-corrected chi connectivity index (χ2v) is 5.61. The molecule has 0 spiro atoms. The van der Waals surface area contributed by atoms with E-state index in [1.54, 1.807) is 0 Å². The van der Waals surface area contributed by atoms with Gasteiger partial charge in [-0.15, -0.1) is 0 Å². The molecule has 8 N–H and O–H groups in total. The Morgan fingerprint density at radius 2 is 1.27 bits per heavy atom. The molecular weight excluding hydrogens is 340 g/mol. The zero-order chi connectivity index (χ0) is 19.7. The Balaban J connectivity index is 0.000000263. The van der Waals surface area contributed by atoms with E-state index in [4.69, 9.17) is 31.9 Å². The van der Waals surface area contributed by atoms with Crippen LogP contribution in [0.15, 0.2) is 48.5 Å². The molecule has 0 aromatic heterocycles. The van der Waals surface area contributed by atoms with Crippen LogP contribution in [-0.2, 0) is 22.4 Å². The van der Waals surface area contributed by atoms with Gasteiger partial charge in [-0.25, -0.2) is 0 Å². The van der Waals surface area contributed by atoms with Gasteiger partial charge in [-0.2, -0.15) is 0 Å². The average Bonchev–Trinajstić information content (AvgIpc) is 2.59. The largest absolute Gasteiger partial charge is 0.504 e. The van der Waals surface area contributed by atoms with Gasteiger partial charge in [0.05, 0.1) is 0 Å². The van der Waals surface area contributed by atoms with Crippen molar-refractivity contribution in [3.8, 4) is 11.5 Å². The molecule has 2 rings (SSSR count). The summed E-state index contributed by atoms with van der Waals surface area (Å²) in [5, 5.41) is 35.2. The van der Waals surface area contributed by atoms with Crippen molar-refractivity contribution in [1.29, 1.82) is 0 Å². The maximum absolute atomic E-state index is 10.4. The highest BCUT2D eigenvalue weighted by molar-refractivity contribution is 5.74. The summed E-state index contributed by atoms with van der Waals surface area (Å²) in [6.07, 6.45) is 0.499. The molecule has 0 saturated heterocycles. The van der Waals surface area contributed by atoms with Crippen molar-refractivity contribution in [2.45, 2.75) is 24.9 Å². The maximum atomic E-state index is 10.4. The minimum Gasteiger partial charge on any atom is -0.504 e. The quantitative estimate of drug-likeness (QED) is 0.408. The number of hydrogen-bond acceptors (Lipinski definition) is 6. The zero-order valence-electron chi connectivity index (χ0n) is 13.9. The number of phenolic OH excluding ortho intramolecular Hbond substituents is 2. The number of aliphatic carboxylic acids is 2. The number of aromatic hydroxyl groups is 2. The minimum absolute atomic E-state index is 0.114. The number of nitrogens with two attached hydrogens (primary N) is 2. The molecule has 26 heavy (non-hydrogen) atoms. The van der Waals surface area contributed by atoms with Gasteiger partial charge in [-0.3, -0.25) is 9.59 Å². The van der Waals surface area contributed by atoms with E-state index >= 15 is 0 Å². The zero-order valence-corrected chi connectivity index (χ0v) is 13.9. The lowest BCUT2D eigenvalue weighted by atomic mass is 10.1. The molecule has 0 saturated carbocycles. The van der Waals surface area contributed by atoms with Gasteiger partial charge in [-0.05, 0) is 36.1 Å². The highest BCUT2D eigenvalue weighted by Crippen LogP contribution is 2.25. The lowest BCUT2D eigenvalue weighted by Crippen LogP contribution is -2.32. The first-order valence-corrected chi connectivity index (χ1v) is 7.72. The Kier molecular flexibility index (Phi) is 8.07. The van der Waals surface area contributed by atoms with E-state index in [-0.39, 0.29) is 17.9 Å². The standard InChI is InChI=1S/C9H11NO4.C9H11NO2/c10-6(9(13)14)3-5-1-2-7(11)8(12)4-5;10-8(9(11)12)6-7-4-2-1-3-5-7/h1-2,4,6,11-12H,3,10H2,(H,13,14);1-5,8H,6,10H2,(H,11,12)/t6-;8-/m00/s1. The molecule has 2 aromatic rings. The van der Waals surface area contributed by atoms with E-state index in [0.29, 0.717) is 12.0 Å². The van der Waals surface area contributed by atoms with Crippen molar-refractivity contribution in [1.82, 2.24) is 0 Å². The number of hydrogen-bond donors (Lipinski definition) is 6. The molecule has 2 aromatic carbocycles. The van der Waals surface area contributed by atoms with E-state index in [9.17, 15) is 9.59 Å². The number of carboxylic acid groups (broad SMARTS) is 2. The van der Waals surface area contributed by atoms with Crippen molar-refractivity contribution in [3.05, 3.63) is 59.7 Å². The molecule has 0 aliphatic heterocycles. The number of phenols is 2. The van der Waals surface area contributed by atoms with Crippen molar-refractivity contribution >= 4 is 11.9 Å². The highest BCUT2D eigenvalue weighted by atomic mass is 16.4. The van der Waals surface area contributed by atoms with Crippen LogP contribution in [0.1, 0.15) is 11.1 Å². The highest BCUT2D eigenvalue weighted by Gasteiger charge is 2.13. The van der Waals surface area contributed by atoms with Crippen LogP contribution in [0.2, 0.25) is 0 Å². The molecular formula is C18H22N2O6. The maximum Gasteiger partial charge on any atom is 0.320 e. The summed E-state index contributed by atoms with van der Waals surface area (Å²) in [7, 11) is 0. The second-order valence-electron chi connectivity index (χ2n) is 5.61. The lowest BCUT2D eigenvalue weighted by Gasteiger charge is -2.06. The summed E-state index contributed by atoms with van der Waals surface area (Å²) in [6.45, 7) is 0. The van der Waals surface area contributed by atoms with Crippen molar-refractivity contribution in [3.63, 3.8) is 0 Å². The molecule has 0 aliphatic rings. The van der Waals surface area contributed by atoms with Gasteiger partial charge in [-0.1, -0.05) is 36.4 Å². The van der Waals surface area contributed by atoms with Crippen LogP contribution in [0, 0.1) is 0 Å². The Bertz CT molecular complexity index is 736. The van der Waals surface area contributed by atoms with E-state index in [1.165, 1.54) is 18.2 Å². The van der Waals surface area contributed by atoms with Crippen LogP contribution in [0.5, 0.6) is 11.5 Å². The molecule has 0 unspecified atom stereocenters. The SMILES string of the molecule is N[C@@H](Cc1ccc(O)c(O)c1)C(=O)O.N[C@@H](Cc1ccccc1)C(=O)O. The van der Waals surface area contributed by atoms with Gasteiger partial charge in [0.25, 0.3) is 0 Å². The fourth-order valence-corrected chi connectivity index (χ4v) is 1.99. The summed E-state index contributed by atoms with van der Waals surface area (Å²) >= 11 is 0. The van der Waals surface area contributed by atoms with Gasteiger partial charge in [0.15, 0.2) is 11.5 Å². The normalized spacial score (nSPS) is 12.4. The molecule has 0 bridgehead atoms. The number of carbonyl (C=O) groups is 2. The molecule has 0 amide bonds. The van der Waals surface area contributed by atoms with Crippen molar-refractivity contribution < 1.29 is 30.0 Å². The molecule has 0 fully saturated rings. The molecule has 0 aliphatic carbocycles. The van der Waals surface area contributed by atoms with Crippen LogP contribution in [-0.4, -0.2) is 44.4 Å². The first-order valence-electron chi connectivity index (χ1n) is 7.72. The second kappa shape index (κ2) is 10.0. The lowest BCUT2D eigenvalue weighted by molar-refractivity contribution is -0.139. The summed E-state index contributed by atoms with van der Waals surface area (Å²) in [5.41, 5.74) is 12.2. The molecule has 2 atom stereocenters. The predicted octanol–water partition coefficient (Wildman–Crippen LogP) is 0.693. The van der Waals surface area contributed by atoms with E-state index < -0.39 is 24.0 Å². The van der Waals surface area contributed by atoms with Gasteiger partial charge in [0, 0.05) is 0 Å². The van der Waals surface area contributed by atoms with Gasteiger partial charge in [0.1, 0.15) is 12.1 Å². The smallest absolute Gasteiger partial charge is 0.320 e. The summed E-state index contributed by atoms with van der Waals surface area (Å²) < 4.78 is 0. The topological polar surface area (TPSA) is 167 Å². The van der Waals surface area contributed by atoms with E-state index in [1.807, 2.05) is 30.3 Å². The number of benzene rings is 2. The summed E-state index contributed by atoms with van der Waals surface area (Å²) in [4.78, 5) is 20.8. The number of carboxylic acids is 2. The van der Waals surface area contributed by atoms with Crippen molar-refractivity contribution in [2.24, 2.45) is 11.5 Å². The molecule has 0 heterocycles. The minimum atomic E-state index is -1.10. The summed E-state index contributed by atoms with van der Waals surface area (Å²) in [5.74, 6) is -2.57. The van der Waals surface area contributed by atoms with Gasteiger partial charge < -0.3 is 31.9 Å². The first-order chi connectivity index (χ1) is 12.2. The monoisotopic (exact) mass is 362 g/mol. The Hall–Kier alpha value is -3.10. The fourth-order valence-electron chi connectivity index (χ4n) is 1.99. The summed E-state index contributed by atoms with van der Waals surface area (Å²) in [6, 6.07) is 11.6. The Morgan fingerprint density at radius 3 is 1.73 bits per heavy atom. The Labute approximate surface area is 150 Å². The molecule has 8 heteroatoms. The van der Waals surface area contributed by atoms with Gasteiger partial charge in [0.2, 0.25) is 0 Å². The third kappa shape index (κ3) is 7.20. The van der Waals surface area contributed by atoms with Crippen LogP contribution in [0.25, 0.3) is 0 Å². The average molecular weight is 362 g/mol. The van der Waals surface area contributed by atoms with E-state index in [2.05, 4.69) is 0 Å². The third-order valence-electron chi connectivity index (χ3n) is 3.43. The van der Waals surface area contributed by atoms with Gasteiger partial charge >= 0.3 is 11.9 Å².